The average Bonchev–Trinajstić information content (AvgIpc) is 2.45. The maximum Gasteiger partial charge on any atom is 0.339 e. The van der Waals surface area contributed by atoms with Crippen molar-refractivity contribution < 1.29 is 19.1 Å². The van der Waals surface area contributed by atoms with Crippen LogP contribution in [0.5, 0.6) is 0 Å². The number of esters is 1. The lowest BCUT2D eigenvalue weighted by atomic mass is 9.89. The fourth-order valence-corrected chi connectivity index (χ4v) is 1.76. The Morgan fingerprint density at radius 3 is 2.04 bits per heavy atom. The summed E-state index contributed by atoms with van der Waals surface area (Å²) in [6.07, 6.45) is 0. The molecule has 0 saturated heterocycles. The average molecular weight is 320 g/mol. The van der Waals surface area contributed by atoms with E-state index in [1.165, 1.54) is 21.0 Å². The van der Waals surface area contributed by atoms with Gasteiger partial charge in [0.1, 0.15) is 5.41 Å². The van der Waals surface area contributed by atoms with E-state index >= 15 is 0 Å². The fraction of sp³-hybridized carbons (Fsp3) is 0.471. The lowest BCUT2D eigenvalue weighted by Crippen LogP contribution is -2.51. The molecule has 0 saturated carbocycles. The molecular weight excluding hydrogens is 296 g/mol. The van der Waals surface area contributed by atoms with Crippen molar-refractivity contribution in [2.24, 2.45) is 5.41 Å². The smallest absolute Gasteiger partial charge is 0.339 e. The highest BCUT2D eigenvalue weighted by Crippen LogP contribution is 2.23. The second-order valence-electron chi connectivity index (χ2n) is 6.82. The first-order valence-electron chi connectivity index (χ1n) is 7.30. The normalized spacial score (nSPS) is 11.6. The zero-order valence-electron chi connectivity index (χ0n) is 14.4. The molecule has 126 valence electrons. The number of amides is 2. The van der Waals surface area contributed by atoms with Crippen molar-refractivity contribution in [2.75, 3.05) is 12.4 Å². The first-order valence-corrected chi connectivity index (χ1v) is 7.30. The number of ether oxygens (including phenoxy) is 1. The second kappa shape index (κ2) is 6.81. The molecule has 0 fully saturated rings. The van der Waals surface area contributed by atoms with Gasteiger partial charge in [0.05, 0.1) is 18.4 Å². The van der Waals surface area contributed by atoms with Gasteiger partial charge in [0.15, 0.2) is 0 Å². The van der Waals surface area contributed by atoms with Crippen LogP contribution in [-0.2, 0) is 14.3 Å². The third kappa shape index (κ3) is 4.81. The number of nitrogens with one attached hydrogen (secondary N) is 2. The minimum atomic E-state index is -1.30. The summed E-state index contributed by atoms with van der Waals surface area (Å²) in [6, 6.07) is 6.48. The number of carbonyl (C=O) groups is 3. The predicted octanol–water partition coefficient (Wildman–Crippen LogP) is 2.35. The van der Waals surface area contributed by atoms with Gasteiger partial charge < -0.3 is 15.4 Å². The number of hydrogen-bond acceptors (Lipinski definition) is 4. The first kappa shape index (κ1) is 18.7. The molecule has 6 heteroatoms. The zero-order chi connectivity index (χ0) is 17.8. The Hall–Kier alpha value is -2.37. The molecule has 0 unspecified atom stereocenters. The molecule has 0 spiro atoms. The van der Waals surface area contributed by atoms with Gasteiger partial charge in [-0.25, -0.2) is 4.79 Å². The van der Waals surface area contributed by atoms with Gasteiger partial charge in [0.2, 0.25) is 11.8 Å². The Morgan fingerprint density at radius 2 is 1.52 bits per heavy atom. The fourth-order valence-electron chi connectivity index (χ4n) is 1.76. The summed E-state index contributed by atoms with van der Waals surface area (Å²) in [5.41, 5.74) is -1.20. The van der Waals surface area contributed by atoms with Crippen molar-refractivity contribution >= 4 is 23.5 Å². The Labute approximate surface area is 136 Å². The van der Waals surface area contributed by atoms with Gasteiger partial charge in [0, 0.05) is 5.54 Å². The topological polar surface area (TPSA) is 84.5 Å². The largest absolute Gasteiger partial charge is 0.465 e. The molecule has 0 bridgehead atoms. The molecule has 1 aromatic rings. The van der Waals surface area contributed by atoms with Gasteiger partial charge in [0.25, 0.3) is 0 Å². The van der Waals surface area contributed by atoms with Crippen LogP contribution in [0, 0.1) is 5.41 Å². The molecule has 23 heavy (non-hydrogen) atoms. The Kier molecular flexibility index (Phi) is 5.53. The highest BCUT2D eigenvalue weighted by molar-refractivity contribution is 6.11. The number of methoxy groups -OCH3 is 1. The van der Waals surface area contributed by atoms with E-state index in [4.69, 9.17) is 0 Å². The van der Waals surface area contributed by atoms with Crippen molar-refractivity contribution in [1.29, 1.82) is 0 Å². The molecule has 0 heterocycles. The Balaban J connectivity index is 2.99. The molecule has 0 aliphatic rings. The first-order chi connectivity index (χ1) is 10.5. The van der Waals surface area contributed by atoms with Crippen molar-refractivity contribution in [3.63, 3.8) is 0 Å². The van der Waals surface area contributed by atoms with Gasteiger partial charge >= 0.3 is 5.97 Å². The van der Waals surface area contributed by atoms with Crippen LogP contribution in [0.25, 0.3) is 0 Å². The molecule has 1 aromatic carbocycles. The van der Waals surface area contributed by atoms with Gasteiger partial charge in [-0.15, -0.1) is 0 Å². The number of carbonyl (C=O) groups excluding carboxylic acids is 3. The minimum Gasteiger partial charge on any atom is -0.465 e. The molecule has 6 nitrogen and oxygen atoms in total. The Morgan fingerprint density at radius 1 is 0.957 bits per heavy atom. The van der Waals surface area contributed by atoms with Crippen LogP contribution in [0.3, 0.4) is 0 Å². The van der Waals surface area contributed by atoms with Crippen molar-refractivity contribution in [1.82, 2.24) is 5.32 Å². The van der Waals surface area contributed by atoms with Crippen LogP contribution >= 0.6 is 0 Å². The summed E-state index contributed by atoms with van der Waals surface area (Å²) in [5.74, 6) is -1.45. The van der Waals surface area contributed by atoms with Crippen LogP contribution in [0.1, 0.15) is 45.0 Å². The summed E-state index contributed by atoms with van der Waals surface area (Å²) in [6.45, 7) is 8.58. The third-order valence-electron chi connectivity index (χ3n) is 3.20. The third-order valence-corrected chi connectivity index (χ3v) is 3.20. The lowest BCUT2D eigenvalue weighted by Gasteiger charge is -2.28. The summed E-state index contributed by atoms with van der Waals surface area (Å²) in [4.78, 5) is 36.6. The molecule has 0 aliphatic carbocycles. The van der Waals surface area contributed by atoms with Crippen LogP contribution in [-0.4, -0.2) is 30.4 Å². The summed E-state index contributed by atoms with van der Waals surface area (Å²) < 4.78 is 4.69. The molecule has 2 N–H and O–H groups in total. The van der Waals surface area contributed by atoms with E-state index in [-0.39, 0.29) is 5.56 Å². The van der Waals surface area contributed by atoms with Gasteiger partial charge in [-0.1, -0.05) is 12.1 Å². The maximum atomic E-state index is 12.5. The van der Waals surface area contributed by atoms with Gasteiger partial charge in [-0.3, -0.25) is 9.59 Å². The molecular formula is C17H24N2O4. The number of anilines is 1. The maximum absolute atomic E-state index is 12.5. The minimum absolute atomic E-state index is 0.232. The summed E-state index contributed by atoms with van der Waals surface area (Å²) in [5, 5.41) is 5.42. The van der Waals surface area contributed by atoms with Crippen molar-refractivity contribution in [3.05, 3.63) is 29.8 Å². The molecule has 2 amide bonds. The van der Waals surface area contributed by atoms with E-state index in [9.17, 15) is 14.4 Å². The zero-order valence-corrected chi connectivity index (χ0v) is 14.4. The van der Waals surface area contributed by atoms with Crippen LogP contribution in [0.15, 0.2) is 24.3 Å². The van der Waals surface area contributed by atoms with E-state index < -0.39 is 28.7 Å². The predicted molar refractivity (Wildman–Crippen MR) is 88.1 cm³/mol. The summed E-state index contributed by atoms with van der Waals surface area (Å²) >= 11 is 0. The molecule has 0 aromatic heterocycles. The molecule has 0 atom stereocenters. The van der Waals surface area contributed by atoms with Crippen molar-refractivity contribution in [2.45, 2.75) is 40.2 Å². The number of para-hydroxylation sites is 1. The van der Waals surface area contributed by atoms with E-state index in [2.05, 4.69) is 15.4 Å². The summed E-state index contributed by atoms with van der Waals surface area (Å²) in [7, 11) is 1.27. The van der Waals surface area contributed by atoms with Gasteiger partial charge in [-0.05, 0) is 46.8 Å². The molecule has 0 aliphatic heterocycles. The van der Waals surface area contributed by atoms with Gasteiger partial charge in [-0.2, -0.15) is 0 Å². The Bertz CT molecular complexity index is 615. The van der Waals surface area contributed by atoms with Crippen LogP contribution in [0.4, 0.5) is 5.69 Å². The van der Waals surface area contributed by atoms with E-state index in [1.54, 1.807) is 24.3 Å². The van der Waals surface area contributed by atoms with E-state index in [0.29, 0.717) is 5.69 Å². The van der Waals surface area contributed by atoms with E-state index in [1.807, 2.05) is 20.8 Å². The molecule has 0 radical (unpaired) electrons. The van der Waals surface area contributed by atoms with Crippen LogP contribution < -0.4 is 10.6 Å². The quantitative estimate of drug-likeness (QED) is 0.659. The van der Waals surface area contributed by atoms with Crippen molar-refractivity contribution in [3.8, 4) is 0 Å². The van der Waals surface area contributed by atoms with Crippen LogP contribution in [0.2, 0.25) is 0 Å². The standard InChI is InChI=1S/C17H24N2O4/c1-16(2,3)19-15(22)17(4,5)14(21)18-12-10-8-7-9-11(12)13(20)23-6/h7-10H,1-6H3,(H,18,21)(H,19,22). The second-order valence-corrected chi connectivity index (χ2v) is 6.82. The highest BCUT2D eigenvalue weighted by atomic mass is 16.5. The van der Waals surface area contributed by atoms with E-state index in [0.717, 1.165) is 0 Å². The monoisotopic (exact) mass is 320 g/mol. The lowest BCUT2D eigenvalue weighted by molar-refractivity contribution is -0.139. The SMILES string of the molecule is COC(=O)c1ccccc1NC(=O)C(C)(C)C(=O)NC(C)(C)C. The number of rotatable bonds is 4. The molecule has 1 rings (SSSR count). The number of benzene rings is 1. The number of hydrogen-bond donors (Lipinski definition) is 2. The highest BCUT2D eigenvalue weighted by Gasteiger charge is 2.38.